The fourth-order valence-electron chi connectivity index (χ4n) is 3.36. The van der Waals surface area contributed by atoms with Gasteiger partial charge in [0, 0.05) is 69.3 Å². The largest absolute Gasteiger partial charge is 0.507 e. The van der Waals surface area contributed by atoms with Gasteiger partial charge in [-0.2, -0.15) is 0 Å². The summed E-state index contributed by atoms with van der Waals surface area (Å²) >= 11 is 7.06. The lowest BCUT2D eigenvalue weighted by Gasteiger charge is -2.21. The number of aliphatic imine (C=N–C) groups is 2. The molecule has 1 heterocycles. The van der Waals surface area contributed by atoms with Gasteiger partial charge in [0.2, 0.25) is 0 Å². The van der Waals surface area contributed by atoms with Gasteiger partial charge in [-0.25, -0.2) is 0 Å². The smallest absolute Gasteiger partial charge is 0.129 e. The standard InChI is InChI=1S/C22H26Br2N4O2/c1-14-20-10-19(24)8-16(22(20)30)12-26-4-3-25-11-15-7-18(23)9-17(21(15)29)13-28(2)6-5-27-14/h7-12,14,27,29-30H,3-6,13H2,1-2H3. The van der Waals surface area contributed by atoms with Crippen LogP contribution < -0.4 is 5.32 Å². The Morgan fingerprint density at radius 2 is 1.57 bits per heavy atom. The molecule has 0 spiro atoms. The van der Waals surface area contributed by atoms with Gasteiger partial charge >= 0.3 is 0 Å². The third-order valence-corrected chi connectivity index (χ3v) is 5.90. The maximum absolute atomic E-state index is 10.7. The molecular formula is C22H26Br2N4O2. The van der Waals surface area contributed by atoms with E-state index in [1.807, 2.05) is 38.2 Å². The molecule has 2 aromatic carbocycles. The number of likely N-dealkylation sites (N-methyl/N-ethyl adjacent to an activating group) is 1. The fraction of sp³-hybridized carbons (Fsp3) is 0.364. The number of rotatable bonds is 0. The Hall–Kier alpha value is -1.74. The van der Waals surface area contributed by atoms with Gasteiger partial charge < -0.3 is 20.4 Å². The van der Waals surface area contributed by atoms with E-state index in [0.717, 1.165) is 33.2 Å². The lowest BCUT2D eigenvalue weighted by molar-refractivity contribution is 0.312. The van der Waals surface area contributed by atoms with Gasteiger partial charge in [0.15, 0.2) is 0 Å². The summed E-state index contributed by atoms with van der Waals surface area (Å²) in [5.74, 6) is 0.495. The molecule has 0 aromatic heterocycles. The van der Waals surface area contributed by atoms with Crippen molar-refractivity contribution in [2.45, 2.75) is 19.5 Å². The van der Waals surface area contributed by atoms with Crippen molar-refractivity contribution in [3.63, 3.8) is 0 Å². The summed E-state index contributed by atoms with van der Waals surface area (Å²) in [5.41, 5.74) is 3.01. The van der Waals surface area contributed by atoms with Crippen molar-refractivity contribution >= 4 is 44.3 Å². The Morgan fingerprint density at radius 1 is 0.967 bits per heavy atom. The van der Waals surface area contributed by atoms with Crippen molar-refractivity contribution < 1.29 is 10.2 Å². The third kappa shape index (κ3) is 5.91. The van der Waals surface area contributed by atoms with E-state index in [1.54, 1.807) is 12.4 Å². The maximum atomic E-state index is 10.7. The van der Waals surface area contributed by atoms with E-state index in [2.05, 4.69) is 52.1 Å². The molecule has 0 fully saturated rings. The summed E-state index contributed by atoms with van der Waals surface area (Å²) in [6.45, 7) is 5.12. The Kier molecular flexibility index (Phi) is 8.05. The van der Waals surface area contributed by atoms with Gasteiger partial charge in [0.05, 0.1) is 13.1 Å². The highest BCUT2D eigenvalue weighted by Crippen LogP contribution is 2.31. The monoisotopic (exact) mass is 536 g/mol. The second kappa shape index (κ2) is 10.5. The zero-order valence-corrected chi connectivity index (χ0v) is 20.2. The molecule has 1 aliphatic heterocycles. The highest BCUT2D eigenvalue weighted by atomic mass is 79.9. The number of phenols is 2. The van der Waals surface area contributed by atoms with Crippen molar-refractivity contribution in [2.24, 2.45) is 9.98 Å². The van der Waals surface area contributed by atoms with Crippen LogP contribution in [0.1, 0.15) is 35.2 Å². The second-order valence-electron chi connectivity index (χ2n) is 7.42. The first kappa shape index (κ1) is 22.9. The van der Waals surface area contributed by atoms with Crippen molar-refractivity contribution in [2.75, 3.05) is 33.2 Å². The molecule has 1 atom stereocenters. The van der Waals surface area contributed by atoms with Crippen LogP contribution in [0.5, 0.6) is 11.5 Å². The SMILES string of the molecule is CC1NCCN(C)Cc2cc(Br)cc(c2O)C=NCCN=Cc2cc(Br)cc1c2O. The quantitative estimate of drug-likeness (QED) is 0.469. The number of hydrogen-bond donors (Lipinski definition) is 3. The number of fused-ring (bicyclic) bond motifs is 4. The Morgan fingerprint density at radius 3 is 2.23 bits per heavy atom. The molecule has 30 heavy (non-hydrogen) atoms. The zero-order valence-electron chi connectivity index (χ0n) is 17.1. The molecule has 0 amide bonds. The van der Waals surface area contributed by atoms with Gasteiger partial charge in [-0.3, -0.25) is 9.98 Å². The molecule has 3 rings (SSSR count). The van der Waals surface area contributed by atoms with Crippen LogP contribution in [0.4, 0.5) is 0 Å². The Labute approximate surface area is 194 Å². The topological polar surface area (TPSA) is 80.5 Å². The van der Waals surface area contributed by atoms with Crippen LogP contribution in [0, 0.1) is 0 Å². The Bertz CT molecular complexity index is 963. The number of nitrogens with zero attached hydrogens (tertiary/aromatic N) is 3. The maximum Gasteiger partial charge on any atom is 0.129 e. The van der Waals surface area contributed by atoms with Crippen molar-refractivity contribution in [1.82, 2.24) is 10.2 Å². The van der Waals surface area contributed by atoms with E-state index >= 15 is 0 Å². The lowest BCUT2D eigenvalue weighted by atomic mass is 10.0. The second-order valence-corrected chi connectivity index (χ2v) is 9.25. The van der Waals surface area contributed by atoms with Gasteiger partial charge in [0.1, 0.15) is 11.5 Å². The first-order chi connectivity index (χ1) is 14.3. The molecule has 2 aromatic rings. The molecule has 8 heteroatoms. The Balaban J connectivity index is 1.90. The molecule has 1 unspecified atom stereocenters. The van der Waals surface area contributed by atoms with E-state index in [4.69, 9.17) is 0 Å². The molecule has 6 nitrogen and oxygen atoms in total. The molecule has 0 radical (unpaired) electrons. The van der Waals surface area contributed by atoms with Crippen molar-refractivity contribution in [1.29, 1.82) is 0 Å². The first-order valence-corrected chi connectivity index (χ1v) is 11.4. The summed E-state index contributed by atoms with van der Waals surface area (Å²) in [7, 11) is 2.02. The highest BCUT2D eigenvalue weighted by Gasteiger charge is 2.15. The molecular weight excluding hydrogens is 512 g/mol. The summed E-state index contributed by atoms with van der Waals surface area (Å²) < 4.78 is 1.80. The summed E-state index contributed by atoms with van der Waals surface area (Å²) in [6, 6.07) is 7.54. The minimum absolute atomic E-state index is 0.0302. The molecule has 0 saturated carbocycles. The minimum atomic E-state index is -0.0302. The van der Waals surface area contributed by atoms with Gasteiger partial charge in [-0.1, -0.05) is 31.9 Å². The van der Waals surface area contributed by atoms with Crippen molar-refractivity contribution in [3.05, 3.63) is 55.5 Å². The lowest BCUT2D eigenvalue weighted by Crippen LogP contribution is -2.30. The molecule has 0 aliphatic carbocycles. The van der Waals surface area contributed by atoms with Gasteiger partial charge in [-0.15, -0.1) is 0 Å². The van der Waals surface area contributed by atoms with Crippen LogP contribution in [0.3, 0.4) is 0 Å². The van der Waals surface area contributed by atoms with Gasteiger partial charge in [0.25, 0.3) is 0 Å². The van der Waals surface area contributed by atoms with Crippen molar-refractivity contribution in [3.8, 4) is 11.5 Å². The third-order valence-electron chi connectivity index (χ3n) is 4.99. The number of phenolic OH excluding ortho intramolecular Hbond substituents is 2. The summed E-state index contributed by atoms with van der Waals surface area (Å²) in [6.07, 6.45) is 3.36. The number of benzene rings is 2. The average Bonchev–Trinajstić information content (AvgIpc) is 2.69. The fourth-order valence-corrected chi connectivity index (χ4v) is 4.38. The van der Waals surface area contributed by atoms with Crippen LogP contribution in [-0.2, 0) is 6.54 Å². The normalized spacial score (nSPS) is 18.7. The summed E-state index contributed by atoms with van der Waals surface area (Å²) in [4.78, 5) is 10.9. The zero-order chi connectivity index (χ0) is 21.7. The van der Waals surface area contributed by atoms with Crippen LogP contribution >= 0.6 is 31.9 Å². The van der Waals surface area contributed by atoms with Gasteiger partial charge in [-0.05, 0) is 38.2 Å². The van der Waals surface area contributed by atoms with E-state index in [1.165, 1.54) is 0 Å². The molecule has 4 bridgehead atoms. The predicted molar refractivity (Wildman–Crippen MR) is 129 cm³/mol. The van der Waals surface area contributed by atoms with Crippen LogP contribution in [-0.4, -0.2) is 60.8 Å². The molecule has 1 aliphatic rings. The molecule has 0 saturated heterocycles. The number of nitrogens with one attached hydrogen (secondary N) is 1. The first-order valence-electron chi connectivity index (χ1n) is 9.80. The van der Waals surface area contributed by atoms with Crippen LogP contribution in [0.15, 0.2) is 43.2 Å². The molecule has 3 N–H and O–H groups in total. The minimum Gasteiger partial charge on any atom is -0.507 e. The van der Waals surface area contributed by atoms with E-state index in [0.29, 0.717) is 30.8 Å². The van der Waals surface area contributed by atoms with E-state index in [-0.39, 0.29) is 17.5 Å². The summed E-state index contributed by atoms with van der Waals surface area (Å²) in [5, 5.41) is 24.8. The highest BCUT2D eigenvalue weighted by molar-refractivity contribution is 9.10. The molecule has 160 valence electrons. The van der Waals surface area contributed by atoms with E-state index in [9.17, 15) is 10.2 Å². The average molecular weight is 538 g/mol. The predicted octanol–water partition coefficient (Wildman–Crippen LogP) is 4.26. The number of halogens is 2. The van der Waals surface area contributed by atoms with Crippen LogP contribution in [0.2, 0.25) is 0 Å². The van der Waals surface area contributed by atoms with E-state index < -0.39 is 0 Å². The number of hydrogen-bond acceptors (Lipinski definition) is 6. The number of aromatic hydroxyl groups is 2. The van der Waals surface area contributed by atoms with Crippen LogP contribution in [0.25, 0.3) is 0 Å².